The van der Waals surface area contributed by atoms with E-state index in [1.54, 1.807) is 17.0 Å². The molecule has 1 aliphatic rings. The molecule has 0 radical (unpaired) electrons. The minimum absolute atomic E-state index is 0.0310. The highest BCUT2D eigenvalue weighted by Crippen LogP contribution is 2.28. The van der Waals surface area contributed by atoms with E-state index in [1.165, 1.54) is 0 Å². The quantitative estimate of drug-likeness (QED) is 0.897. The van der Waals surface area contributed by atoms with Crippen LogP contribution in [0.1, 0.15) is 5.56 Å². The second-order valence-electron chi connectivity index (χ2n) is 4.21. The van der Waals surface area contributed by atoms with Crippen LogP contribution < -0.4 is 10.5 Å². The standard InChI is InChI=1S/C13H17ClN2O3/c14-11-3-1-2-10(8-15)13(11)19-9-12(17)16-4-6-18-7-5-16/h1-3H,4-9,15H2. The molecule has 0 saturated carbocycles. The van der Waals surface area contributed by atoms with Crippen LogP contribution in [-0.2, 0) is 16.1 Å². The number of rotatable bonds is 4. The van der Waals surface area contributed by atoms with Crippen LogP contribution in [0.2, 0.25) is 5.02 Å². The lowest BCUT2D eigenvalue weighted by Gasteiger charge is -2.26. The second-order valence-corrected chi connectivity index (χ2v) is 4.62. The molecule has 1 saturated heterocycles. The molecule has 0 unspecified atom stereocenters. The summed E-state index contributed by atoms with van der Waals surface area (Å²) in [6.45, 7) is 2.65. The first-order valence-electron chi connectivity index (χ1n) is 6.18. The van der Waals surface area contributed by atoms with Gasteiger partial charge in [0.25, 0.3) is 5.91 Å². The number of benzene rings is 1. The molecular weight excluding hydrogens is 268 g/mol. The van der Waals surface area contributed by atoms with Gasteiger partial charge < -0.3 is 20.1 Å². The molecule has 1 amide bonds. The zero-order chi connectivity index (χ0) is 13.7. The number of nitrogens with two attached hydrogens (primary N) is 1. The number of carbonyl (C=O) groups excluding carboxylic acids is 1. The van der Waals surface area contributed by atoms with Crippen molar-refractivity contribution in [1.29, 1.82) is 0 Å². The fourth-order valence-electron chi connectivity index (χ4n) is 1.91. The number of halogens is 1. The van der Waals surface area contributed by atoms with Crippen molar-refractivity contribution >= 4 is 17.5 Å². The van der Waals surface area contributed by atoms with Gasteiger partial charge in [0.1, 0.15) is 5.75 Å². The third-order valence-electron chi connectivity index (χ3n) is 2.97. The van der Waals surface area contributed by atoms with Crippen LogP contribution in [0.25, 0.3) is 0 Å². The first-order valence-corrected chi connectivity index (χ1v) is 6.56. The maximum absolute atomic E-state index is 12.0. The summed E-state index contributed by atoms with van der Waals surface area (Å²) in [6, 6.07) is 5.36. The van der Waals surface area contributed by atoms with Crippen molar-refractivity contribution in [3.8, 4) is 5.75 Å². The van der Waals surface area contributed by atoms with Gasteiger partial charge in [0.05, 0.1) is 18.2 Å². The summed E-state index contributed by atoms with van der Waals surface area (Å²) < 4.78 is 10.7. The smallest absolute Gasteiger partial charge is 0.260 e. The highest BCUT2D eigenvalue weighted by atomic mass is 35.5. The largest absolute Gasteiger partial charge is 0.482 e. The van der Waals surface area contributed by atoms with Gasteiger partial charge in [0.2, 0.25) is 0 Å². The van der Waals surface area contributed by atoms with E-state index in [-0.39, 0.29) is 12.5 Å². The normalized spacial score (nSPS) is 15.4. The lowest BCUT2D eigenvalue weighted by atomic mass is 10.2. The SMILES string of the molecule is NCc1cccc(Cl)c1OCC(=O)N1CCOCC1. The number of carbonyl (C=O) groups is 1. The molecule has 1 aromatic carbocycles. The van der Waals surface area contributed by atoms with E-state index in [4.69, 9.17) is 26.8 Å². The molecule has 1 aromatic rings. The molecule has 0 atom stereocenters. The molecule has 104 valence electrons. The van der Waals surface area contributed by atoms with Crippen LogP contribution in [-0.4, -0.2) is 43.7 Å². The molecule has 0 bridgehead atoms. The summed E-state index contributed by atoms with van der Waals surface area (Å²) in [5, 5.41) is 0.470. The molecule has 19 heavy (non-hydrogen) atoms. The van der Waals surface area contributed by atoms with E-state index in [0.29, 0.717) is 43.6 Å². The molecule has 2 N–H and O–H groups in total. The van der Waals surface area contributed by atoms with Crippen LogP contribution in [0.5, 0.6) is 5.75 Å². The Morgan fingerprint density at radius 1 is 1.42 bits per heavy atom. The first kappa shape index (κ1) is 14.1. The van der Waals surface area contributed by atoms with Crippen molar-refractivity contribution in [2.45, 2.75) is 6.54 Å². The fraction of sp³-hybridized carbons (Fsp3) is 0.462. The van der Waals surface area contributed by atoms with Crippen molar-refractivity contribution in [2.75, 3.05) is 32.9 Å². The van der Waals surface area contributed by atoms with Crippen molar-refractivity contribution in [1.82, 2.24) is 4.90 Å². The molecule has 1 fully saturated rings. The number of para-hydroxylation sites is 1. The highest BCUT2D eigenvalue weighted by Gasteiger charge is 2.18. The Morgan fingerprint density at radius 3 is 2.84 bits per heavy atom. The van der Waals surface area contributed by atoms with E-state index < -0.39 is 0 Å². The molecule has 0 aromatic heterocycles. The van der Waals surface area contributed by atoms with Gasteiger partial charge in [-0.3, -0.25) is 4.79 Å². The average Bonchev–Trinajstić information content (AvgIpc) is 2.46. The van der Waals surface area contributed by atoms with E-state index >= 15 is 0 Å². The predicted molar refractivity (Wildman–Crippen MR) is 72.2 cm³/mol. The van der Waals surface area contributed by atoms with Gasteiger partial charge in [-0.1, -0.05) is 23.7 Å². The highest BCUT2D eigenvalue weighted by molar-refractivity contribution is 6.32. The maximum Gasteiger partial charge on any atom is 0.260 e. The third-order valence-corrected chi connectivity index (χ3v) is 3.27. The number of hydrogen-bond acceptors (Lipinski definition) is 4. The molecule has 1 heterocycles. The molecule has 6 heteroatoms. The van der Waals surface area contributed by atoms with Gasteiger partial charge in [-0.2, -0.15) is 0 Å². The van der Waals surface area contributed by atoms with E-state index in [9.17, 15) is 4.79 Å². The lowest BCUT2D eigenvalue weighted by Crippen LogP contribution is -2.43. The molecular formula is C13H17ClN2O3. The third kappa shape index (κ3) is 3.59. The Bertz CT molecular complexity index is 448. The zero-order valence-corrected chi connectivity index (χ0v) is 11.4. The minimum Gasteiger partial charge on any atom is -0.482 e. The summed E-state index contributed by atoms with van der Waals surface area (Å²) in [5.74, 6) is 0.430. The number of ether oxygens (including phenoxy) is 2. The summed E-state index contributed by atoms with van der Waals surface area (Å²) in [4.78, 5) is 13.7. The topological polar surface area (TPSA) is 64.8 Å². The maximum atomic E-state index is 12.0. The van der Waals surface area contributed by atoms with E-state index in [0.717, 1.165) is 5.56 Å². The lowest BCUT2D eigenvalue weighted by molar-refractivity contribution is -0.137. The number of nitrogens with zero attached hydrogens (tertiary/aromatic N) is 1. The number of hydrogen-bond donors (Lipinski definition) is 1. The van der Waals surface area contributed by atoms with Crippen molar-refractivity contribution in [3.63, 3.8) is 0 Å². The zero-order valence-electron chi connectivity index (χ0n) is 10.6. The van der Waals surface area contributed by atoms with Gasteiger partial charge in [0.15, 0.2) is 6.61 Å². The van der Waals surface area contributed by atoms with Crippen LogP contribution >= 0.6 is 11.6 Å². The van der Waals surface area contributed by atoms with Crippen LogP contribution in [0.3, 0.4) is 0 Å². The van der Waals surface area contributed by atoms with Crippen LogP contribution in [0.15, 0.2) is 18.2 Å². The van der Waals surface area contributed by atoms with Crippen LogP contribution in [0.4, 0.5) is 0 Å². The summed E-state index contributed by atoms with van der Waals surface area (Å²) in [5.41, 5.74) is 6.41. The summed E-state index contributed by atoms with van der Waals surface area (Å²) in [7, 11) is 0. The van der Waals surface area contributed by atoms with Gasteiger partial charge in [-0.25, -0.2) is 0 Å². The Kier molecular flexibility index (Phi) is 5.01. The van der Waals surface area contributed by atoms with Gasteiger partial charge in [0, 0.05) is 25.2 Å². The Morgan fingerprint density at radius 2 is 2.16 bits per heavy atom. The van der Waals surface area contributed by atoms with Crippen molar-refractivity contribution in [2.24, 2.45) is 5.73 Å². The number of morpholine rings is 1. The fourth-order valence-corrected chi connectivity index (χ4v) is 2.16. The second kappa shape index (κ2) is 6.75. The monoisotopic (exact) mass is 284 g/mol. The van der Waals surface area contributed by atoms with Crippen LogP contribution in [0, 0.1) is 0 Å². The summed E-state index contributed by atoms with van der Waals surface area (Å²) in [6.07, 6.45) is 0. The molecule has 0 aliphatic carbocycles. The Labute approximate surface area is 117 Å². The first-order chi connectivity index (χ1) is 9.22. The number of amides is 1. The minimum atomic E-state index is -0.0637. The Hall–Kier alpha value is -1.30. The molecule has 2 rings (SSSR count). The predicted octanol–water partition coefficient (Wildman–Crippen LogP) is 1.04. The van der Waals surface area contributed by atoms with Crippen molar-refractivity contribution < 1.29 is 14.3 Å². The molecule has 0 spiro atoms. The Balaban J connectivity index is 1.96. The van der Waals surface area contributed by atoms with Crippen molar-refractivity contribution in [3.05, 3.63) is 28.8 Å². The molecule has 1 aliphatic heterocycles. The van der Waals surface area contributed by atoms with Gasteiger partial charge in [-0.05, 0) is 6.07 Å². The van der Waals surface area contributed by atoms with E-state index in [1.807, 2.05) is 6.07 Å². The van der Waals surface area contributed by atoms with Gasteiger partial charge >= 0.3 is 0 Å². The molecule has 5 nitrogen and oxygen atoms in total. The summed E-state index contributed by atoms with van der Waals surface area (Å²) >= 11 is 6.05. The average molecular weight is 285 g/mol. The van der Waals surface area contributed by atoms with Gasteiger partial charge in [-0.15, -0.1) is 0 Å². The van der Waals surface area contributed by atoms with E-state index in [2.05, 4.69) is 0 Å².